The molecule has 0 saturated heterocycles. The highest BCUT2D eigenvalue weighted by Crippen LogP contribution is 2.22. The number of aromatic nitrogens is 4. The van der Waals surface area contributed by atoms with Gasteiger partial charge in [-0.15, -0.1) is 0 Å². The van der Waals surface area contributed by atoms with Crippen molar-refractivity contribution in [1.29, 1.82) is 0 Å². The van der Waals surface area contributed by atoms with Crippen molar-refractivity contribution in [3.8, 4) is 17.0 Å². The fraction of sp³-hybridized carbons (Fsp3) is 0.188. The molecule has 0 amide bonds. The average Bonchev–Trinajstić information content (AvgIpc) is 3.26. The van der Waals surface area contributed by atoms with Crippen molar-refractivity contribution in [2.24, 2.45) is 0 Å². The largest absolute Gasteiger partial charge is 0.497 e. The maximum absolute atomic E-state index is 12.0. The molecule has 23 heavy (non-hydrogen) atoms. The molecule has 2 aromatic heterocycles. The molecule has 118 valence electrons. The Morgan fingerprint density at radius 1 is 1.30 bits per heavy atom. The molecule has 1 N–H and O–H groups in total. The second-order valence-electron chi connectivity index (χ2n) is 4.80. The van der Waals surface area contributed by atoms with Crippen molar-refractivity contribution in [3.63, 3.8) is 0 Å². The number of carbonyl (C=O) groups excluding carboxylic acids is 1. The van der Waals surface area contributed by atoms with Crippen molar-refractivity contribution in [3.05, 3.63) is 54.5 Å². The zero-order valence-electron chi connectivity index (χ0n) is 12.6. The van der Waals surface area contributed by atoms with Crippen molar-refractivity contribution in [2.75, 3.05) is 13.7 Å². The molecule has 0 radical (unpaired) electrons. The quantitative estimate of drug-likeness (QED) is 0.705. The Morgan fingerprint density at radius 3 is 3.00 bits per heavy atom. The first-order valence-electron chi connectivity index (χ1n) is 7.10. The molecule has 0 spiro atoms. The van der Waals surface area contributed by atoms with Gasteiger partial charge in [-0.2, -0.15) is 10.2 Å². The van der Waals surface area contributed by atoms with Crippen LogP contribution in [0.15, 0.2) is 48.8 Å². The zero-order valence-corrected chi connectivity index (χ0v) is 12.6. The van der Waals surface area contributed by atoms with Crippen LogP contribution in [0.4, 0.5) is 0 Å². The summed E-state index contributed by atoms with van der Waals surface area (Å²) in [5, 5.41) is 10.9. The average molecular weight is 312 g/mol. The number of ether oxygens (including phenoxy) is 2. The highest BCUT2D eigenvalue weighted by molar-refractivity contribution is 5.88. The summed E-state index contributed by atoms with van der Waals surface area (Å²) in [6.07, 6.45) is 3.49. The molecule has 3 aromatic rings. The van der Waals surface area contributed by atoms with Crippen LogP contribution in [-0.4, -0.2) is 39.7 Å². The van der Waals surface area contributed by atoms with Crippen molar-refractivity contribution in [1.82, 2.24) is 20.0 Å². The molecule has 0 unspecified atom stereocenters. The minimum atomic E-state index is -0.446. The highest BCUT2D eigenvalue weighted by atomic mass is 16.5. The summed E-state index contributed by atoms with van der Waals surface area (Å²) in [5.74, 6) is 0.285. The fourth-order valence-corrected chi connectivity index (χ4v) is 2.10. The third-order valence-electron chi connectivity index (χ3n) is 3.28. The third-order valence-corrected chi connectivity index (χ3v) is 3.28. The van der Waals surface area contributed by atoms with Gasteiger partial charge in [-0.1, -0.05) is 12.1 Å². The van der Waals surface area contributed by atoms with E-state index in [-0.39, 0.29) is 6.61 Å². The number of hydrogen-bond donors (Lipinski definition) is 1. The van der Waals surface area contributed by atoms with Gasteiger partial charge < -0.3 is 9.47 Å². The van der Waals surface area contributed by atoms with Crippen LogP contribution in [-0.2, 0) is 11.3 Å². The highest BCUT2D eigenvalue weighted by Gasteiger charge is 2.12. The molecule has 0 aliphatic carbocycles. The van der Waals surface area contributed by atoms with Crippen LogP contribution in [0.5, 0.6) is 5.75 Å². The Hall–Kier alpha value is -3.09. The molecule has 0 aliphatic heterocycles. The first-order valence-corrected chi connectivity index (χ1v) is 7.10. The second-order valence-corrected chi connectivity index (χ2v) is 4.80. The Kier molecular flexibility index (Phi) is 4.37. The normalized spacial score (nSPS) is 10.5. The van der Waals surface area contributed by atoms with Gasteiger partial charge in [0.1, 0.15) is 18.1 Å². The van der Waals surface area contributed by atoms with Gasteiger partial charge in [0, 0.05) is 18.0 Å². The molecule has 0 aliphatic rings. The van der Waals surface area contributed by atoms with Gasteiger partial charge in [0.15, 0.2) is 0 Å². The Morgan fingerprint density at radius 2 is 2.22 bits per heavy atom. The van der Waals surface area contributed by atoms with Gasteiger partial charge in [-0.25, -0.2) is 4.79 Å². The van der Waals surface area contributed by atoms with Crippen LogP contribution in [0.25, 0.3) is 11.3 Å². The topological polar surface area (TPSA) is 82.0 Å². The van der Waals surface area contributed by atoms with Crippen LogP contribution in [0, 0.1) is 0 Å². The molecule has 2 heterocycles. The minimum absolute atomic E-state index is 0.244. The van der Waals surface area contributed by atoms with Crippen LogP contribution in [0.3, 0.4) is 0 Å². The van der Waals surface area contributed by atoms with E-state index in [4.69, 9.17) is 9.47 Å². The van der Waals surface area contributed by atoms with Crippen molar-refractivity contribution >= 4 is 5.97 Å². The Balaban J connectivity index is 1.62. The molecule has 7 nitrogen and oxygen atoms in total. The van der Waals surface area contributed by atoms with E-state index in [1.54, 1.807) is 24.1 Å². The van der Waals surface area contributed by atoms with E-state index >= 15 is 0 Å². The summed E-state index contributed by atoms with van der Waals surface area (Å²) in [4.78, 5) is 12.0. The number of hydrogen-bond acceptors (Lipinski definition) is 5. The van der Waals surface area contributed by atoms with Gasteiger partial charge in [0.05, 0.1) is 19.3 Å². The number of H-pyrrole nitrogens is 1. The standard InChI is InChI=1S/C16H16N4O3/c1-22-13-5-2-4-12(10-13)14-11-15(19-18-14)16(21)23-9-8-20-7-3-6-17-20/h2-7,10-11H,8-9H2,1H3,(H,18,19). The predicted molar refractivity (Wildman–Crippen MR) is 83.1 cm³/mol. The summed E-state index contributed by atoms with van der Waals surface area (Å²) in [7, 11) is 1.60. The van der Waals surface area contributed by atoms with Crippen molar-refractivity contribution < 1.29 is 14.3 Å². The van der Waals surface area contributed by atoms with Gasteiger partial charge in [0.25, 0.3) is 0 Å². The number of methoxy groups -OCH3 is 1. The molecule has 1 aromatic carbocycles. The summed E-state index contributed by atoms with van der Waals surface area (Å²) in [6, 6.07) is 10.9. The Bertz CT molecular complexity index is 780. The number of nitrogens with one attached hydrogen (secondary N) is 1. The molecule has 7 heteroatoms. The van der Waals surface area contributed by atoms with Crippen LogP contribution < -0.4 is 4.74 Å². The fourth-order valence-electron chi connectivity index (χ4n) is 2.10. The lowest BCUT2D eigenvalue weighted by molar-refractivity contribution is 0.0481. The zero-order chi connectivity index (χ0) is 16.1. The van der Waals surface area contributed by atoms with Gasteiger partial charge in [-0.3, -0.25) is 9.78 Å². The van der Waals surface area contributed by atoms with E-state index in [0.717, 1.165) is 11.3 Å². The number of carbonyl (C=O) groups is 1. The van der Waals surface area contributed by atoms with Crippen molar-refractivity contribution in [2.45, 2.75) is 6.54 Å². The van der Waals surface area contributed by atoms with Gasteiger partial charge >= 0.3 is 5.97 Å². The van der Waals surface area contributed by atoms with Crippen LogP contribution in [0.1, 0.15) is 10.5 Å². The van der Waals surface area contributed by atoms with E-state index in [1.807, 2.05) is 36.5 Å². The van der Waals surface area contributed by atoms with Crippen LogP contribution in [0.2, 0.25) is 0 Å². The molecule has 0 saturated carbocycles. The number of nitrogens with zero attached hydrogens (tertiary/aromatic N) is 3. The first-order chi connectivity index (χ1) is 11.3. The number of aromatic amines is 1. The van der Waals surface area contributed by atoms with E-state index < -0.39 is 5.97 Å². The number of rotatable bonds is 6. The second kappa shape index (κ2) is 6.78. The van der Waals surface area contributed by atoms with E-state index in [2.05, 4.69) is 15.3 Å². The van der Waals surface area contributed by atoms with Crippen LogP contribution >= 0.6 is 0 Å². The monoisotopic (exact) mass is 312 g/mol. The third kappa shape index (κ3) is 3.57. The molecular weight excluding hydrogens is 296 g/mol. The van der Waals surface area contributed by atoms with E-state index in [1.165, 1.54) is 0 Å². The summed E-state index contributed by atoms with van der Waals surface area (Å²) < 4.78 is 12.1. The van der Waals surface area contributed by atoms with E-state index in [9.17, 15) is 4.79 Å². The lowest BCUT2D eigenvalue weighted by Gasteiger charge is -2.03. The molecule has 3 rings (SSSR count). The molecule has 0 bridgehead atoms. The molecular formula is C16H16N4O3. The lowest BCUT2D eigenvalue weighted by Crippen LogP contribution is -2.12. The maximum atomic E-state index is 12.0. The minimum Gasteiger partial charge on any atom is -0.497 e. The summed E-state index contributed by atoms with van der Waals surface area (Å²) in [5.41, 5.74) is 1.82. The summed E-state index contributed by atoms with van der Waals surface area (Å²) >= 11 is 0. The SMILES string of the molecule is COc1cccc(-c2cc(C(=O)OCCn3cccn3)[nH]n2)c1. The Labute approximate surface area is 132 Å². The maximum Gasteiger partial charge on any atom is 0.356 e. The molecule has 0 atom stereocenters. The predicted octanol–water partition coefficient (Wildman–Crippen LogP) is 2.14. The number of esters is 1. The molecule has 0 fully saturated rings. The van der Waals surface area contributed by atoms with Gasteiger partial charge in [0.2, 0.25) is 0 Å². The van der Waals surface area contributed by atoms with E-state index in [0.29, 0.717) is 17.9 Å². The number of benzene rings is 1. The lowest BCUT2D eigenvalue weighted by atomic mass is 10.1. The summed E-state index contributed by atoms with van der Waals surface area (Å²) in [6.45, 7) is 0.754. The smallest absolute Gasteiger partial charge is 0.356 e. The first kappa shape index (κ1) is 14.8. The van der Waals surface area contributed by atoms with Gasteiger partial charge in [-0.05, 0) is 24.3 Å².